The summed E-state index contributed by atoms with van der Waals surface area (Å²) in [6.07, 6.45) is 3.54. The van der Waals surface area contributed by atoms with E-state index in [1.165, 1.54) is 0 Å². The molecular weight excluding hydrogens is 188 g/mol. The van der Waals surface area contributed by atoms with Gasteiger partial charge in [0.05, 0.1) is 7.11 Å². The van der Waals surface area contributed by atoms with E-state index in [0.29, 0.717) is 0 Å². The zero-order chi connectivity index (χ0) is 11.1. The van der Waals surface area contributed by atoms with Crippen LogP contribution in [-0.2, 0) is 6.42 Å². The maximum Gasteiger partial charge on any atom is 0.122 e. The summed E-state index contributed by atoms with van der Waals surface area (Å²) in [5, 5.41) is 0. The van der Waals surface area contributed by atoms with Crippen molar-refractivity contribution in [3.8, 4) is 5.75 Å². The fraction of sp³-hybridized carbons (Fsp3) is 0.333. The molecular formula is C12H18N2O. The lowest BCUT2D eigenvalue weighted by Crippen LogP contribution is -2.36. The molecule has 3 N–H and O–H groups in total. The number of ether oxygens (including phenoxy) is 1. The second kappa shape index (κ2) is 6.22. The zero-order valence-corrected chi connectivity index (χ0v) is 9.07. The Kier molecular flexibility index (Phi) is 4.87. The molecule has 0 aliphatic heterocycles. The number of benzene rings is 1. The molecule has 0 saturated carbocycles. The Bertz CT molecular complexity index is 312. The quantitative estimate of drug-likeness (QED) is 0.422. The van der Waals surface area contributed by atoms with E-state index in [2.05, 4.69) is 12.0 Å². The summed E-state index contributed by atoms with van der Waals surface area (Å²) in [6, 6.07) is 8.17. The largest absolute Gasteiger partial charge is 0.496 e. The van der Waals surface area contributed by atoms with Gasteiger partial charge in [-0.05, 0) is 24.5 Å². The van der Waals surface area contributed by atoms with Crippen molar-refractivity contribution in [3.63, 3.8) is 0 Å². The number of hydrazine groups is 1. The van der Waals surface area contributed by atoms with E-state index >= 15 is 0 Å². The lowest BCUT2D eigenvalue weighted by molar-refractivity contribution is 0.405. The van der Waals surface area contributed by atoms with Gasteiger partial charge in [-0.15, -0.1) is 6.58 Å². The molecule has 0 aromatic heterocycles. The fourth-order valence-corrected chi connectivity index (χ4v) is 1.55. The van der Waals surface area contributed by atoms with Crippen molar-refractivity contribution < 1.29 is 4.74 Å². The molecule has 0 saturated heterocycles. The van der Waals surface area contributed by atoms with Crippen molar-refractivity contribution in [2.75, 3.05) is 7.11 Å². The van der Waals surface area contributed by atoms with Gasteiger partial charge in [-0.2, -0.15) is 0 Å². The van der Waals surface area contributed by atoms with Gasteiger partial charge in [0.15, 0.2) is 0 Å². The first-order chi connectivity index (χ1) is 7.31. The number of nitrogens with one attached hydrogen (secondary N) is 1. The molecule has 0 amide bonds. The summed E-state index contributed by atoms with van der Waals surface area (Å²) in [5.74, 6) is 6.36. The number of methoxy groups -OCH3 is 1. The Balaban J connectivity index is 2.73. The lowest BCUT2D eigenvalue weighted by atomic mass is 10.0. The molecule has 0 fully saturated rings. The average Bonchev–Trinajstić information content (AvgIpc) is 2.29. The highest BCUT2D eigenvalue weighted by atomic mass is 16.5. The first-order valence-corrected chi connectivity index (χ1v) is 5.00. The second-order valence-electron chi connectivity index (χ2n) is 3.40. The van der Waals surface area contributed by atoms with Crippen molar-refractivity contribution in [2.24, 2.45) is 5.84 Å². The van der Waals surface area contributed by atoms with Gasteiger partial charge in [0.1, 0.15) is 5.75 Å². The molecule has 1 aromatic rings. The van der Waals surface area contributed by atoms with Crippen LogP contribution in [0.5, 0.6) is 5.75 Å². The zero-order valence-electron chi connectivity index (χ0n) is 9.07. The molecule has 3 nitrogen and oxygen atoms in total. The number of hydrogen-bond acceptors (Lipinski definition) is 3. The van der Waals surface area contributed by atoms with Gasteiger partial charge in [0, 0.05) is 6.04 Å². The molecule has 0 aliphatic carbocycles. The molecule has 1 atom stereocenters. The van der Waals surface area contributed by atoms with Crippen molar-refractivity contribution in [1.29, 1.82) is 0 Å². The van der Waals surface area contributed by atoms with Crippen LogP contribution < -0.4 is 16.0 Å². The van der Waals surface area contributed by atoms with Crippen LogP contribution in [0.3, 0.4) is 0 Å². The summed E-state index contributed by atoms with van der Waals surface area (Å²) in [6.45, 7) is 3.71. The van der Waals surface area contributed by atoms with Gasteiger partial charge < -0.3 is 4.74 Å². The highest BCUT2D eigenvalue weighted by molar-refractivity contribution is 5.33. The van der Waals surface area contributed by atoms with E-state index in [4.69, 9.17) is 10.6 Å². The van der Waals surface area contributed by atoms with Crippen LogP contribution in [0.25, 0.3) is 0 Å². The number of para-hydroxylation sites is 1. The van der Waals surface area contributed by atoms with Crippen LogP contribution in [0, 0.1) is 0 Å². The van der Waals surface area contributed by atoms with Crippen molar-refractivity contribution in [3.05, 3.63) is 42.5 Å². The fourth-order valence-electron chi connectivity index (χ4n) is 1.55. The Hall–Kier alpha value is -1.32. The molecule has 0 aliphatic rings. The molecule has 0 heterocycles. The van der Waals surface area contributed by atoms with Crippen LogP contribution >= 0.6 is 0 Å². The molecule has 1 rings (SSSR count). The van der Waals surface area contributed by atoms with Crippen LogP contribution in [0.1, 0.15) is 12.0 Å². The Labute approximate surface area is 90.9 Å². The molecule has 0 spiro atoms. The van der Waals surface area contributed by atoms with E-state index in [0.717, 1.165) is 24.2 Å². The highest BCUT2D eigenvalue weighted by Crippen LogP contribution is 2.19. The minimum atomic E-state index is 0.207. The molecule has 1 unspecified atom stereocenters. The first-order valence-electron chi connectivity index (χ1n) is 5.00. The highest BCUT2D eigenvalue weighted by Gasteiger charge is 2.08. The predicted octanol–water partition coefficient (Wildman–Crippen LogP) is 1.65. The molecule has 82 valence electrons. The van der Waals surface area contributed by atoms with Gasteiger partial charge in [0.25, 0.3) is 0 Å². The smallest absolute Gasteiger partial charge is 0.122 e. The van der Waals surface area contributed by atoms with Gasteiger partial charge >= 0.3 is 0 Å². The SMILES string of the molecule is C=CCC(Cc1ccccc1OC)NN. The predicted molar refractivity (Wildman–Crippen MR) is 62.6 cm³/mol. The van der Waals surface area contributed by atoms with Crippen molar-refractivity contribution >= 4 is 0 Å². The summed E-state index contributed by atoms with van der Waals surface area (Å²) in [7, 11) is 1.68. The Morgan fingerprint density at radius 1 is 1.53 bits per heavy atom. The van der Waals surface area contributed by atoms with Crippen molar-refractivity contribution in [2.45, 2.75) is 18.9 Å². The summed E-state index contributed by atoms with van der Waals surface area (Å²) >= 11 is 0. The number of nitrogens with two attached hydrogens (primary N) is 1. The molecule has 3 heteroatoms. The van der Waals surface area contributed by atoms with E-state index < -0.39 is 0 Å². The van der Waals surface area contributed by atoms with Gasteiger partial charge in [-0.1, -0.05) is 24.3 Å². The van der Waals surface area contributed by atoms with Gasteiger partial charge in [-0.3, -0.25) is 11.3 Å². The molecule has 1 aromatic carbocycles. The Morgan fingerprint density at radius 3 is 2.87 bits per heavy atom. The van der Waals surface area contributed by atoms with Crippen molar-refractivity contribution in [1.82, 2.24) is 5.43 Å². The van der Waals surface area contributed by atoms with Gasteiger partial charge in [0.2, 0.25) is 0 Å². The lowest BCUT2D eigenvalue weighted by Gasteiger charge is -2.15. The molecule has 0 radical (unpaired) electrons. The summed E-state index contributed by atoms with van der Waals surface area (Å²) in [5.41, 5.74) is 3.93. The van der Waals surface area contributed by atoms with Gasteiger partial charge in [-0.25, -0.2) is 0 Å². The first kappa shape index (κ1) is 11.8. The minimum Gasteiger partial charge on any atom is -0.496 e. The van der Waals surface area contributed by atoms with E-state index in [1.54, 1.807) is 7.11 Å². The molecule has 15 heavy (non-hydrogen) atoms. The maximum absolute atomic E-state index is 5.46. The summed E-state index contributed by atoms with van der Waals surface area (Å²) < 4.78 is 5.27. The van der Waals surface area contributed by atoms with E-state index in [-0.39, 0.29) is 6.04 Å². The maximum atomic E-state index is 5.46. The minimum absolute atomic E-state index is 0.207. The Morgan fingerprint density at radius 2 is 2.27 bits per heavy atom. The van der Waals surface area contributed by atoms with E-state index in [1.807, 2.05) is 30.3 Å². The van der Waals surface area contributed by atoms with E-state index in [9.17, 15) is 0 Å². The number of hydrogen-bond donors (Lipinski definition) is 2. The van der Waals surface area contributed by atoms with Crippen LogP contribution in [0.15, 0.2) is 36.9 Å². The normalized spacial score (nSPS) is 12.1. The monoisotopic (exact) mass is 206 g/mol. The second-order valence-corrected chi connectivity index (χ2v) is 3.40. The topological polar surface area (TPSA) is 47.3 Å². The third-order valence-corrected chi connectivity index (χ3v) is 2.35. The third-order valence-electron chi connectivity index (χ3n) is 2.35. The van der Waals surface area contributed by atoms with Crippen LogP contribution in [0.4, 0.5) is 0 Å². The van der Waals surface area contributed by atoms with Crippen LogP contribution in [0.2, 0.25) is 0 Å². The average molecular weight is 206 g/mol. The standard InChI is InChI=1S/C12H18N2O/c1-3-6-11(14-13)9-10-7-4-5-8-12(10)15-2/h3-5,7-8,11,14H,1,6,9,13H2,2H3. The third kappa shape index (κ3) is 3.38. The van der Waals surface area contributed by atoms with Crippen LogP contribution in [-0.4, -0.2) is 13.2 Å². The molecule has 0 bridgehead atoms. The number of rotatable bonds is 6. The summed E-state index contributed by atoms with van der Waals surface area (Å²) in [4.78, 5) is 0.